The summed E-state index contributed by atoms with van der Waals surface area (Å²) in [7, 11) is 0. The molecule has 0 bridgehead atoms. The van der Waals surface area contributed by atoms with Crippen molar-refractivity contribution in [3.8, 4) is 0 Å². The van der Waals surface area contributed by atoms with Crippen LogP contribution >= 0.6 is 0 Å². The molecule has 0 rings (SSSR count). The molecule has 0 fully saturated rings. The number of esters is 1. The molecule has 0 heterocycles. The first-order valence-corrected chi connectivity index (χ1v) is 19.2. The lowest BCUT2D eigenvalue weighted by molar-refractivity contribution is -0.150. The third-order valence-electron chi connectivity index (χ3n) is 8.74. The van der Waals surface area contributed by atoms with E-state index in [2.05, 4.69) is 26.0 Å². The number of carboxylic acid groups (broad SMARTS) is 1. The number of ether oxygens (including phenoxy) is 1. The fourth-order valence-corrected chi connectivity index (χ4v) is 5.87. The van der Waals surface area contributed by atoms with Crippen LogP contribution in [0.1, 0.15) is 219 Å². The molecule has 4 nitrogen and oxygen atoms in total. The van der Waals surface area contributed by atoms with Crippen molar-refractivity contribution in [2.45, 2.75) is 225 Å². The van der Waals surface area contributed by atoms with Crippen LogP contribution in [0.3, 0.4) is 0 Å². The van der Waals surface area contributed by atoms with Crippen LogP contribution in [0.15, 0.2) is 12.2 Å². The van der Waals surface area contributed by atoms with Crippen LogP contribution in [-0.4, -0.2) is 23.1 Å². The van der Waals surface area contributed by atoms with Crippen molar-refractivity contribution >= 4 is 11.9 Å². The van der Waals surface area contributed by atoms with Gasteiger partial charge in [-0.3, -0.25) is 9.59 Å². The average molecular weight is 607 g/mol. The fourth-order valence-electron chi connectivity index (χ4n) is 5.87. The third kappa shape index (κ3) is 35.0. The molecule has 0 aliphatic carbocycles. The van der Waals surface area contributed by atoms with E-state index in [0.29, 0.717) is 12.8 Å². The van der Waals surface area contributed by atoms with Gasteiger partial charge in [0.15, 0.2) is 0 Å². The van der Waals surface area contributed by atoms with Crippen LogP contribution in [0.4, 0.5) is 0 Å². The molecule has 254 valence electrons. The Labute approximate surface area is 268 Å². The van der Waals surface area contributed by atoms with Crippen LogP contribution < -0.4 is 0 Å². The van der Waals surface area contributed by atoms with E-state index in [9.17, 15) is 9.59 Å². The molecular formula is C39H74O4. The molecular weight excluding hydrogens is 532 g/mol. The molecule has 0 aliphatic heterocycles. The molecule has 1 unspecified atom stereocenters. The standard InChI is InChI=1S/C39H74O4/c1-3-5-7-9-11-12-13-18-21-24-28-32-36-39(42)43-37(33-29-25-10-8-6-4-2)34-30-26-22-19-16-14-15-17-20-23-27-31-35-38(40)41/h9,11,37H,3-8,10,12-36H2,1-2H3,(H,40,41)/b11-9-. The summed E-state index contributed by atoms with van der Waals surface area (Å²) in [6.45, 7) is 4.51. The number of unbranched alkanes of at least 4 members (excludes halogenated alkanes) is 24. The monoisotopic (exact) mass is 607 g/mol. The van der Waals surface area contributed by atoms with E-state index < -0.39 is 5.97 Å². The van der Waals surface area contributed by atoms with Crippen molar-refractivity contribution in [2.24, 2.45) is 0 Å². The molecule has 0 aromatic carbocycles. The Hall–Kier alpha value is -1.32. The molecule has 0 saturated heterocycles. The van der Waals surface area contributed by atoms with Crippen molar-refractivity contribution in [2.75, 3.05) is 0 Å². The van der Waals surface area contributed by atoms with Crippen LogP contribution in [-0.2, 0) is 14.3 Å². The lowest BCUT2D eigenvalue weighted by atomic mass is 10.0. The summed E-state index contributed by atoms with van der Waals surface area (Å²) in [5.74, 6) is -0.631. The Kier molecular flexibility index (Phi) is 34.1. The van der Waals surface area contributed by atoms with E-state index >= 15 is 0 Å². The zero-order chi connectivity index (χ0) is 31.5. The Balaban J connectivity index is 3.93. The number of rotatable bonds is 35. The predicted octanol–water partition coefficient (Wildman–Crippen LogP) is 13.1. The SMILES string of the molecule is CCCC/C=C\CCCCCCCCC(=O)OC(CCCCCCCC)CCCCCCCCCCCCCCC(=O)O. The molecule has 4 heteroatoms. The first-order chi connectivity index (χ1) is 21.1. The third-order valence-corrected chi connectivity index (χ3v) is 8.74. The minimum atomic E-state index is -0.669. The van der Waals surface area contributed by atoms with Crippen LogP contribution in [0.25, 0.3) is 0 Å². The lowest BCUT2D eigenvalue weighted by Crippen LogP contribution is -2.18. The highest BCUT2D eigenvalue weighted by Crippen LogP contribution is 2.19. The van der Waals surface area contributed by atoms with Crippen molar-refractivity contribution in [1.29, 1.82) is 0 Å². The second-order valence-electron chi connectivity index (χ2n) is 13.1. The largest absolute Gasteiger partial charge is 0.481 e. The van der Waals surface area contributed by atoms with Crippen molar-refractivity contribution in [3.05, 3.63) is 12.2 Å². The minimum absolute atomic E-state index is 0.0371. The van der Waals surface area contributed by atoms with Crippen LogP contribution in [0.2, 0.25) is 0 Å². The number of carbonyl (C=O) groups excluding carboxylic acids is 1. The molecule has 0 saturated carbocycles. The second-order valence-corrected chi connectivity index (χ2v) is 13.1. The van der Waals surface area contributed by atoms with Gasteiger partial charge in [0.25, 0.3) is 0 Å². The first-order valence-electron chi connectivity index (χ1n) is 19.2. The molecule has 0 aliphatic rings. The van der Waals surface area contributed by atoms with E-state index in [1.165, 1.54) is 154 Å². The van der Waals surface area contributed by atoms with E-state index in [1.54, 1.807) is 0 Å². The molecule has 43 heavy (non-hydrogen) atoms. The Morgan fingerprint density at radius 1 is 0.488 bits per heavy atom. The average Bonchev–Trinajstić information content (AvgIpc) is 2.99. The van der Waals surface area contributed by atoms with Crippen molar-refractivity contribution in [1.82, 2.24) is 0 Å². The van der Waals surface area contributed by atoms with E-state index in [-0.39, 0.29) is 12.1 Å². The molecule has 0 radical (unpaired) electrons. The summed E-state index contributed by atoms with van der Waals surface area (Å²) in [5, 5.41) is 8.68. The maximum absolute atomic E-state index is 12.6. The van der Waals surface area contributed by atoms with E-state index in [4.69, 9.17) is 9.84 Å². The summed E-state index contributed by atoms with van der Waals surface area (Å²) >= 11 is 0. The number of carbonyl (C=O) groups is 2. The minimum Gasteiger partial charge on any atom is -0.481 e. The van der Waals surface area contributed by atoms with Gasteiger partial charge in [0.05, 0.1) is 0 Å². The van der Waals surface area contributed by atoms with Gasteiger partial charge < -0.3 is 9.84 Å². The van der Waals surface area contributed by atoms with Crippen molar-refractivity contribution < 1.29 is 19.4 Å². The summed E-state index contributed by atoms with van der Waals surface area (Å²) < 4.78 is 6.02. The summed E-state index contributed by atoms with van der Waals surface area (Å²) in [4.78, 5) is 23.2. The van der Waals surface area contributed by atoms with Crippen molar-refractivity contribution in [3.63, 3.8) is 0 Å². The van der Waals surface area contributed by atoms with E-state index in [0.717, 1.165) is 38.5 Å². The number of allylic oxidation sites excluding steroid dienone is 2. The zero-order valence-electron chi connectivity index (χ0n) is 29.0. The summed E-state index contributed by atoms with van der Waals surface area (Å²) in [6.07, 6.45) is 42.4. The van der Waals surface area contributed by atoms with Gasteiger partial charge >= 0.3 is 11.9 Å². The highest BCUT2D eigenvalue weighted by atomic mass is 16.5. The summed E-state index contributed by atoms with van der Waals surface area (Å²) in [6, 6.07) is 0. The molecule has 0 aromatic rings. The zero-order valence-corrected chi connectivity index (χ0v) is 29.0. The topological polar surface area (TPSA) is 63.6 Å². The smallest absolute Gasteiger partial charge is 0.306 e. The van der Waals surface area contributed by atoms with Gasteiger partial charge in [-0.1, -0.05) is 161 Å². The van der Waals surface area contributed by atoms with E-state index in [1.807, 2.05) is 0 Å². The molecule has 0 aromatic heterocycles. The van der Waals surface area contributed by atoms with Gasteiger partial charge in [0.1, 0.15) is 6.10 Å². The molecule has 0 spiro atoms. The highest BCUT2D eigenvalue weighted by molar-refractivity contribution is 5.69. The lowest BCUT2D eigenvalue weighted by Gasteiger charge is -2.18. The van der Waals surface area contributed by atoms with Crippen LogP contribution in [0.5, 0.6) is 0 Å². The quantitative estimate of drug-likeness (QED) is 0.0443. The van der Waals surface area contributed by atoms with Gasteiger partial charge in [0, 0.05) is 12.8 Å². The maximum atomic E-state index is 12.6. The first kappa shape index (κ1) is 41.7. The van der Waals surface area contributed by atoms with Gasteiger partial charge in [-0.2, -0.15) is 0 Å². The maximum Gasteiger partial charge on any atom is 0.306 e. The molecule has 1 atom stereocenters. The number of hydrogen-bond acceptors (Lipinski definition) is 3. The van der Waals surface area contributed by atoms with Gasteiger partial charge in [0.2, 0.25) is 0 Å². The number of aliphatic carboxylic acids is 1. The molecule has 1 N–H and O–H groups in total. The number of carboxylic acids is 1. The summed E-state index contributed by atoms with van der Waals surface area (Å²) in [5.41, 5.74) is 0. The molecule has 0 amide bonds. The van der Waals surface area contributed by atoms with Gasteiger partial charge in [-0.15, -0.1) is 0 Å². The fraction of sp³-hybridized carbons (Fsp3) is 0.897. The number of hydrogen-bond donors (Lipinski definition) is 1. The Morgan fingerprint density at radius 2 is 0.860 bits per heavy atom. The normalized spacial score (nSPS) is 12.2. The predicted molar refractivity (Wildman–Crippen MR) is 186 cm³/mol. The van der Waals surface area contributed by atoms with Crippen LogP contribution in [0, 0.1) is 0 Å². The Bertz CT molecular complexity index is 614. The van der Waals surface area contributed by atoms with Gasteiger partial charge in [-0.25, -0.2) is 0 Å². The highest BCUT2D eigenvalue weighted by Gasteiger charge is 2.14. The Morgan fingerprint density at radius 3 is 1.33 bits per heavy atom. The van der Waals surface area contributed by atoms with Gasteiger partial charge in [-0.05, 0) is 57.8 Å². The second kappa shape index (κ2) is 35.2.